The van der Waals surface area contributed by atoms with Gasteiger partial charge in [-0.1, -0.05) is 13.8 Å². The van der Waals surface area contributed by atoms with Crippen LogP contribution >= 0.6 is 11.6 Å². The van der Waals surface area contributed by atoms with Gasteiger partial charge in [-0.2, -0.15) is 4.98 Å². The van der Waals surface area contributed by atoms with Crippen LogP contribution in [0.2, 0.25) is 5.28 Å². The molecule has 14 heavy (non-hydrogen) atoms. The summed E-state index contributed by atoms with van der Waals surface area (Å²) >= 11 is 5.70. The first kappa shape index (κ1) is 11.2. The van der Waals surface area contributed by atoms with E-state index in [2.05, 4.69) is 33.7 Å². The molecule has 0 aliphatic rings. The van der Waals surface area contributed by atoms with Gasteiger partial charge in [0.2, 0.25) is 11.2 Å². The Morgan fingerprint density at radius 3 is 2.36 bits per heavy atom. The highest BCUT2D eigenvalue weighted by molar-refractivity contribution is 6.28. The Balaban J connectivity index is 2.75. The third-order valence-corrected chi connectivity index (χ3v) is 1.98. The first-order valence-corrected chi connectivity index (χ1v) is 5.25. The molecule has 1 aromatic rings. The minimum atomic E-state index is 0.257. The van der Waals surface area contributed by atoms with Crippen molar-refractivity contribution in [3.8, 4) is 0 Å². The Hall–Kier alpha value is -0.900. The fraction of sp³-hybridized carbons (Fsp3) is 0.667. The number of nitrogens with zero attached hydrogens (tertiary/aromatic N) is 4. The molecule has 0 bridgehead atoms. The molecule has 0 unspecified atom stereocenters. The summed E-state index contributed by atoms with van der Waals surface area (Å²) in [7, 11) is 0. The third-order valence-electron chi connectivity index (χ3n) is 1.80. The van der Waals surface area contributed by atoms with Crippen LogP contribution in [0.1, 0.15) is 26.7 Å². The Morgan fingerprint density at radius 2 is 1.86 bits per heavy atom. The maximum absolute atomic E-state index is 5.70. The SMILES string of the molecule is CCCN(CCC)c1ncnc(Cl)n1. The molecular formula is C9H15ClN4. The van der Waals surface area contributed by atoms with Crippen molar-refractivity contribution in [2.45, 2.75) is 26.7 Å². The van der Waals surface area contributed by atoms with E-state index < -0.39 is 0 Å². The lowest BCUT2D eigenvalue weighted by molar-refractivity contribution is 0.717. The molecule has 0 atom stereocenters. The number of halogens is 1. The molecule has 0 saturated carbocycles. The maximum atomic E-state index is 5.70. The summed E-state index contributed by atoms with van der Waals surface area (Å²) in [6.07, 6.45) is 3.59. The van der Waals surface area contributed by atoms with Crippen molar-refractivity contribution in [1.82, 2.24) is 15.0 Å². The minimum absolute atomic E-state index is 0.257. The zero-order valence-corrected chi connectivity index (χ0v) is 9.33. The highest BCUT2D eigenvalue weighted by Crippen LogP contribution is 2.09. The van der Waals surface area contributed by atoms with Gasteiger partial charge in [-0.05, 0) is 24.4 Å². The van der Waals surface area contributed by atoms with Crippen LogP contribution in [0.25, 0.3) is 0 Å². The molecule has 0 aromatic carbocycles. The van der Waals surface area contributed by atoms with E-state index in [1.54, 1.807) is 0 Å². The Labute approximate surface area is 89.3 Å². The van der Waals surface area contributed by atoms with Gasteiger partial charge in [0, 0.05) is 13.1 Å². The summed E-state index contributed by atoms with van der Waals surface area (Å²) < 4.78 is 0. The third kappa shape index (κ3) is 3.10. The molecule has 5 heteroatoms. The molecule has 0 spiro atoms. The predicted octanol–water partition coefficient (Wildman–Crippen LogP) is 2.15. The predicted molar refractivity (Wildman–Crippen MR) is 57.6 cm³/mol. The molecule has 1 rings (SSSR count). The number of hydrogen-bond acceptors (Lipinski definition) is 4. The molecule has 0 aliphatic carbocycles. The molecule has 0 radical (unpaired) electrons. The lowest BCUT2D eigenvalue weighted by Gasteiger charge is -2.20. The van der Waals surface area contributed by atoms with Crippen molar-refractivity contribution in [2.75, 3.05) is 18.0 Å². The molecule has 4 nitrogen and oxygen atoms in total. The van der Waals surface area contributed by atoms with Gasteiger partial charge >= 0.3 is 0 Å². The second kappa shape index (κ2) is 5.75. The van der Waals surface area contributed by atoms with Crippen LogP contribution in [0.5, 0.6) is 0 Å². The van der Waals surface area contributed by atoms with Crippen LogP contribution in [-0.4, -0.2) is 28.0 Å². The Morgan fingerprint density at radius 1 is 1.21 bits per heavy atom. The molecule has 1 heterocycles. The molecular weight excluding hydrogens is 200 g/mol. The molecule has 0 N–H and O–H groups in total. The fourth-order valence-electron chi connectivity index (χ4n) is 1.27. The van der Waals surface area contributed by atoms with Crippen molar-refractivity contribution >= 4 is 17.5 Å². The van der Waals surface area contributed by atoms with Crippen LogP contribution in [0.3, 0.4) is 0 Å². The summed E-state index contributed by atoms with van der Waals surface area (Å²) in [6, 6.07) is 0. The normalized spacial score (nSPS) is 10.2. The van der Waals surface area contributed by atoms with Crippen LogP contribution in [-0.2, 0) is 0 Å². The zero-order valence-electron chi connectivity index (χ0n) is 8.57. The van der Waals surface area contributed by atoms with Crippen molar-refractivity contribution < 1.29 is 0 Å². The average molecular weight is 215 g/mol. The van der Waals surface area contributed by atoms with E-state index in [1.807, 2.05) is 0 Å². The number of anilines is 1. The molecule has 0 fully saturated rings. The highest BCUT2D eigenvalue weighted by Gasteiger charge is 2.07. The average Bonchev–Trinajstić information content (AvgIpc) is 2.17. The second-order valence-electron chi connectivity index (χ2n) is 3.04. The standard InChI is InChI=1S/C9H15ClN4/c1-3-5-14(6-4-2)9-12-7-11-8(10)13-9/h7H,3-6H2,1-2H3. The monoisotopic (exact) mass is 214 g/mol. The van der Waals surface area contributed by atoms with Crippen molar-refractivity contribution in [2.24, 2.45) is 0 Å². The topological polar surface area (TPSA) is 41.9 Å². The first-order valence-electron chi connectivity index (χ1n) is 4.87. The zero-order chi connectivity index (χ0) is 10.4. The van der Waals surface area contributed by atoms with Crippen LogP contribution in [0.4, 0.5) is 5.95 Å². The van der Waals surface area contributed by atoms with E-state index in [0.29, 0.717) is 5.95 Å². The van der Waals surface area contributed by atoms with Gasteiger partial charge in [0.15, 0.2) is 0 Å². The second-order valence-corrected chi connectivity index (χ2v) is 3.38. The van der Waals surface area contributed by atoms with Gasteiger partial charge < -0.3 is 4.90 Å². The van der Waals surface area contributed by atoms with E-state index in [9.17, 15) is 0 Å². The summed E-state index contributed by atoms with van der Waals surface area (Å²) in [5.74, 6) is 0.675. The highest BCUT2D eigenvalue weighted by atomic mass is 35.5. The van der Waals surface area contributed by atoms with E-state index >= 15 is 0 Å². The van der Waals surface area contributed by atoms with Gasteiger partial charge in [0.1, 0.15) is 6.33 Å². The van der Waals surface area contributed by atoms with Crippen molar-refractivity contribution in [1.29, 1.82) is 0 Å². The Bertz CT molecular complexity index is 273. The Kier molecular flexibility index (Phi) is 4.59. The summed E-state index contributed by atoms with van der Waals surface area (Å²) in [5, 5.41) is 0.257. The lowest BCUT2D eigenvalue weighted by Crippen LogP contribution is -2.26. The molecule has 0 aliphatic heterocycles. The molecule has 1 aromatic heterocycles. The van der Waals surface area contributed by atoms with Gasteiger partial charge in [-0.25, -0.2) is 9.97 Å². The summed E-state index contributed by atoms with van der Waals surface area (Å²) in [4.78, 5) is 14.1. The molecule has 0 amide bonds. The number of rotatable bonds is 5. The van der Waals surface area contributed by atoms with Gasteiger partial charge in [0.05, 0.1) is 0 Å². The lowest BCUT2D eigenvalue weighted by atomic mass is 10.4. The van der Waals surface area contributed by atoms with Gasteiger partial charge in [-0.15, -0.1) is 0 Å². The van der Waals surface area contributed by atoms with E-state index in [-0.39, 0.29) is 5.28 Å². The van der Waals surface area contributed by atoms with Crippen LogP contribution in [0, 0.1) is 0 Å². The first-order chi connectivity index (χ1) is 6.77. The fourth-order valence-corrected chi connectivity index (χ4v) is 1.39. The smallest absolute Gasteiger partial charge is 0.229 e. The number of aromatic nitrogens is 3. The molecule has 78 valence electrons. The van der Waals surface area contributed by atoms with E-state index in [0.717, 1.165) is 25.9 Å². The van der Waals surface area contributed by atoms with Crippen LogP contribution in [0.15, 0.2) is 6.33 Å². The summed E-state index contributed by atoms with van der Waals surface area (Å²) in [5.41, 5.74) is 0. The van der Waals surface area contributed by atoms with Crippen LogP contribution < -0.4 is 4.90 Å². The molecule has 0 saturated heterocycles. The van der Waals surface area contributed by atoms with Gasteiger partial charge in [0.25, 0.3) is 0 Å². The summed E-state index contributed by atoms with van der Waals surface area (Å²) in [6.45, 7) is 6.17. The number of hydrogen-bond donors (Lipinski definition) is 0. The van der Waals surface area contributed by atoms with Crippen molar-refractivity contribution in [3.63, 3.8) is 0 Å². The quantitative estimate of drug-likeness (QED) is 0.753. The maximum Gasteiger partial charge on any atom is 0.229 e. The minimum Gasteiger partial charge on any atom is -0.341 e. The van der Waals surface area contributed by atoms with Crippen molar-refractivity contribution in [3.05, 3.63) is 11.6 Å². The van der Waals surface area contributed by atoms with E-state index in [1.165, 1.54) is 6.33 Å². The van der Waals surface area contributed by atoms with Gasteiger partial charge in [-0.3, -0.25) is 0 Å². The van der Waals surface area contributed by atoms with E-state index in [4.69, 9.17) is 11.6 Å². The largest absolute Gasteiger partial charge is 0.341 e.